The van der Waals surface area contributed by atoms with Gasteiger partial charge >= 0.3 is 0 Å². The van der Waals surface area contributed by atoms with Gasteiger partial charge in [-0.2, -0.15) is 5.10 Å². The Bertz CT molecular complexity index is 679. The second-order valence-electron chi connectivity index (χ2n) is 5.22. The second-order valence-corrected chi connectivity index (χ2v) is 5.63. The van der Waals surface area contributed by atoms with E-state index in [1.165, 1.54) is 12.1 Å². The first-order valence-electron chi connectivity index (χ1n) is 6.83. The van der Waals surface area contributed by atoms with Crippen LogP contribution in [-0.2, 0) is 24.7 Å². The van der Waals surface area contributed by atoms with Gasteiger partial charge in [0.05, 0.1) is 5.69 Å². The first-order chi connectivity index (χ1) is 9.88. The van der Waals surface area contributed by atoms with Crippen molar-refractivity contribution in [1.29, 1.82) is 0 Å². The van der Waals surface area contributed by atoms with Gasteiger partial charge in [0.25, 0.3) is 0 Å². The molecule has 0 amide bonds. The molecule has 0 N–H and O–H groups in total. The van der Waals surface area contributed by atoms with Crippen molar-refractivity contribution in [1.82, 2.24) is 9.78 Å². The van der Waals surface area contributed by atoms with Gasteiger partial charge in [0.15, 0.2) is 0 Å². The van der Waals surface area contributed by atoms with Crippen molar-refractivity contribution in [2.45, 2.75) is 33.1 Å². The predicted octanol–water partition coefficient (Wildman–Crippen LogP) is 3.57. The summed E-state index contributed by atoms with van der Waals surface area (Å²) in [5.41, 5.74) is 3.83. The molecule has 1 aromatic heterocycles. The van der Waals surface area contributed by atoms with Gasteiger partial charge in [-0.3, -0.25) is 9.48 Å². The molecule has 0 aliphatic heterocycles. The number of carbonyl (C=O) groups is 1. The van der Waals surface area contributed by atoms with E-state index in [2.05, 4.69) is 5.10 Å². The van der Waals surface area contributed by atoms with Crippen LogP contribution in [0.3, 0.4) is 0 Å². The van der Waals surface area contributed by atoms with Gasteiger partial charge < -0.3 is 0 Å². The van der Waals surface area contributed by atoms with E-state index in [9.17, 15) is 9.18 Å². The van der Waals surface area contributed by atoms with Crippen LogP contribution < -0.4 is 0 Å². The zero-order valence-corrected chi connectivity index (χ0v) is 13.2. The number of hydrogen-bond acceptors (Lipinski definition) is 2. The maximum Gasteiger partial charge on any atom is 0.137 e. The van der Waals surface area contributed by atoms with Crippen molar-refractivity contribution >= 4 is 17.4 Å². The molecular weight excluding hydrogens is 291 g/mol. The van der Waals surface area contributed by atoms with Gasteiger partial charge in [0, 0.05) is 30.6 Å². The molecule has 1 aromatic carbocycles. The van der Waals surface area contributed by atoms with E-state index in [4.69, 9.17) is 11.6 Å². The number of hydrogen-bond donors (Lipinski definition) is 0. The van der Waals surface area contributed by atoms with E-state index < -0.39 is 5.82 Å². The van der Waals surface area contributed by atoms with Gasteiger partial charge in [-0.05, 0) is 43.5 Å². The molecule has 0 radical (unpaired) electrons. The number of halogens is 2. The molecule has 2 aromatic rings. The van der Waals surface area contributed by atoms with E-state index in [1.54, 1.807) is 6.07 Å². The molecule has 0 bridgehead atoms. The van der Waals surface area contributed by atoms with Crippen LogP contribution in [-0.4, -0.2) is 15.6 Å². The molecular formula is C16H18ClFN2O. The van der Waals surface area contributed by atoms with Crippen LogP contribution in [0, 0.1) is 19.7 Å². The lowest BCUT2D eigenvalue weighted by Crippen LogP contribution is -2.06. The molecule has 0 saturated carbocycles. The summed E-state index contributed by atoms with van der Waals surface area (Å²) in [5, 5.41) is 4.64. The normalized spacial score (nSPS) is 10.9. The van der Waals surface area contributed by atoms with Crippen LogP contribution in [0.4, 0.5) is 4.39 Å². The maximum atomic E-state index is 13.0. The molecule has 0 fully saturated rings. The van der Waals surface area contributed by atoms with Gasteiger partial charge in [-0.1, -0.05) is 17.7 Å². The molecule has 0 saturated heterocycles. The summed E-state index contributed by atoms with van der Waals surface area (Å²) < 4.78 is 14.8. The van der Waals surface area contributed by atoms with Crippen LogP contribution in [0.2, 0.25) is 5.02 Å². The fraction of sp³-hybridized carbons (Fsp3) is 0.375. The first-order valence-corrected chi connectivity index (χ1v) is 7.21. The summed E-state index contributed by atoms with van der Waals surface area (Å²) >= 11 is 5.94. The van der Waals surface area contributed by atoms with E-state index in [1.807, 2.05) is 25.6 Å². The standard InChI is InChI=1S/C16H18ClFN2O/c1-10-15(11(2)20(3)19-10)7-6-14(21)8-12-4-5-13(18)9-16(12)17/h4-5,9H,6-8H2,1-3H3. The number of ketones is 1. The minimum Gasteiger partial charge on any atom is -0.299 e. The number of aryl methyl sites for hydroxylation is 2. The summed E-state index contributed by atoms with van der Waals surface area (Å²) in [5.74, 6) is -0.302. The largest absolute Gasteiger partial charge is 0.299 e. The van der Waals surface area contributed by atoms with E-state index in [0.717, 1.165) is 17.0 Å². The highest BCUT2D eigenvalue weighted by molar-refractivity contribution is 6.31. The van der Waals surface area contributed by atoms with Crippen molar-refractivity contribution < 1.29 is 9.18 Å². The summed E-state index contributed by atoms with van der Waals surface area (Å²) in [6.07, 6.45) is 1.34. The third-order valence-electron chi connectivity index (χ3n) is 3.72. The quantitative estimate of drug-likeness (QED) is 0.846. The Labute approximate surface area is 128 Å². The predicted molar refractivity (Wildman–Crippen MR) is 81.1 cm³/mol. The molecule has 2 rings (SSSR count). The van der Waals surface area contributed by atoms with Crippen molar-refractivity contribution in [3.8, 4) is 0 Å². The average Bonchev–Trinajstić information content (AvgIpc) is 2.65. The van der Waals surface area contributed by atoms with Crippen LogP contribution in [0.1, 0.15) is 28.9 Å². The number of benzene rings is 1. The molecule has 0 aliphatic carbocycles. The fourth-order valence-electron chi connectivity index (χ4n) is 2.41. The molecule has 0 spiro atoms. The third-order valence-corrected chi connectivity index (χ3v) is 4.07. The summed E-state index contributed by atoms with van der Waals surface area (Å²) in [4.78, 5) is 12.1. The van der Waals surface area contributed by atoms with Crippen molar-refractivity contribution in [2.24, 2.45) is 7.05 Å². The van der Waals surface area contributed by atoms with Crippen LogP contribution in [0.25, 0.3) is 0 Å². The van der Waals surface area contributed by atoms with Crippen LogP contribution in [0.15, 0.2) is 18.2 Å². The molecule has 0 aliphatic rings. The Morgan fingerprint density at radius 2 is 2.10 bits per heavy atom. The Balaban J connectivity index is 1.99. The summed E-state index contributed by atoms with van der Waals surface area (Å²) in [7, 11) is 1.89. The highest BCUT2D eigenvalue weighted by Crippen LogP contribution is 2.19. The lowest BCUT2D eigenvalue weighted by Gasteiger charge is -2.05. The molecule has 0 unspecified atom stereocenters. The van der Waals surface area contributed by atoms with Gasteiger partial charge in [-0.25, -0.2) is 4.39 Å². The zero-order valence-electron chi connectivity index (χ0n) is 12.4. The van der Waals surface area contributed by atoms with Gasteiger partial charge in [-0.15, -0.1) is 0 Å². The smallest absolute Gasteiger partial charge is 0.137 e. The Hall–Kier alpha value is -1.68. The number of rotatable bonds is 5. The zero-order chi connectivity index (χ0) is 15.6. The Kier molecular flexibility index (Phi) is 4.78. The SMILES string of the molecule is Cc1nn(C)c(C)c1CCC(=O)Cc1ccc(F)cc1Cl. The van der Waals surface area contributed by atoms with Crippen molar-refractivity contribution in [3.05, 3.63) is 51.6 Å². The second kappa shape index (κ2) is 6.39. The van der Waals surface area contributed by atoms with Crippen LogP contribution >= 0.6 is 11.6 Å². The molecule has 112 valence electrons. The number of aromatic nitrogens is 2. The molecule has 5 heteroatoms. The van der Waals surface area contributed by atoms with Crippen LogP contribution in [0.5, 0.6) is 0 Å². The van der Waals surface area contributed by atoms with Crippen molar-refractivity contribution in [3.63, 3.8) is 0 Å². The van der Waals surface area contributed by atoms with Gasteiger partial charge in [0.1, 0.15) is 11.6 Å². The Morgan fingerprint density at radius 1 is 1.38 bits per heavy atom. The third kappa shape index (κ3) is 3.70. The van der Waals surface area contributed by atoms with Crippen molar-refractivity contribution in [2.75, 3.05) is 0 Å². The van der Waals surface area contributed by atoms with Gasteiger partial charge in [0.2, 0.25) is 0 Å². The minimum absolute atomic E-state index is 0.0890. The van der Waals surface area contributed by atoms with E-state index >= 15 is 0 Å². The lowest BCUT2D eigenvalue weighted by atomic mass is 10.0. The number of Topliss-reactive ketones (excluding diaryl/α,β-unsaturated/α-hetero) is 1. The minimum atomic E-state index is -0.391. The monoisotopic (exact) mass is 308 g/mol. The van der Waals surface area contributed by atoms with E-state index in [-0.39, 0.29) is 12.2 Å². The first kappa shape index (κ1) is 15.7. The topological polar surface area (TPSA) is 34.9 Å². The number of nitrogens with zero attached hydrogens (tertiary/aromatic N) is 2. The maximum absolute atomic E-state index is 13.0. The van der Waals surface area contributed by atoms with E-state index in [0.29, 0.717) is 23.4 Å². The summed E-state index contributed by atoms with van der Waals surface area (Å²) in [6, 6.07) is 4.12. The lowest BCUT2D eigenvalue weighted by molar-refractivity contribution is -0.118. The number of carbonyl (C=O) groups excluding carboxylic acids is 1. The molecule has 3 nitrogen and oxygen atoms in total. The highest BCUT2D eigenvalue weighted by Gasteiger charge is 2.13. The highest BCUT2D eigenvalue weighted by atomic mass is 35.5. The Morgan fingerprint density at radius 3 is 2.67 bits per heavy atom. The molecule has 1 heterocycles. The molecule has 0 atom stereocenters. The fourth-order valence-corrected chi connectivity index (χ4v) is 2.64. The average molecular weight is 309 g/mol. The summed E-state index contributed by atoms with van der Waals surface area (Å²) in [6.45, 7) is 3.94. The molecule has 21 heavy (non-hydrogen) atoms.